The minimum absolute atomic E-state index is 0.0562. The van der Waals surface area contributed by atoms with Crippen molar-refractivity contribution in [3.8, 4) is 5.75 Å². The number of amides is 2. The number of aromatic hydroxyl groups is 1. The molecule has 0 bridgehead atoms. The second-order valence-electron chi connectivity index (χ2n) is 9.10. The molecule has 0 unspecified atom stereocenters. The van der Waals surface area contributed by atoms with Gasteiger partial charge in [0.05, 0.1) is 25.3 Å². The summed E-state index contributed by atoms with van der Waals surface area (Å²) in [5.74, 6) is -1.59. The number of ether oxygens (including phenoxy) is 2. The van der Waals surface area contributed by atoms with Crippen molar-refractivity contribution in [1.82, 2.24) is 25.1 Å². The summed E-state index contributed by atoms with van der Waals surface area (Å²) < 4.78 is 24.9. The molecule has 3 N–H and O–H groups in total. The molecule has 3 aromatic rings. The van der Waals surface area contributed by atoms with Crippen molar-refractivity contribution in [1.29, 1.82) is 0 Å². The highest BCUT2D eigenvalue weighted by Crippen LogP contribution is 2.26. The van der Waals surface area contributed by atoms with Gasteiger partial charge in [-0.25, -0.2) is 14.2 Å². The number of halogens is 1. The largest absolute Gasteiger partial charge is 0.505 e. The van der Waals surface area contributed by atoms with Crippen molar-refractivity contribution in [2.45, 2.75) is 19.4 Å². The molecule has 2 aromatic heterocycles. The van der Waals surface area contributed by atoms with E-state index in [0.29, 0.717) is 38.3 Å². The van der Waals surface area contributed by atoms with Crippen LogP contribution in [0.4, 0.5) is 9.18 Å². The molecule has 208 valence electrons. The summed E-state index contributed by atoms with van der Waals surface area (Å²) in [6.07, 6.45) is 0.343. The number of hydrogen-bond donors (Lipinski definition) is 3. The van der Waals surface area contributed by atoms with Gasteiger partial charge in [0.2, 0.25) is 0 Å². The highest BCUT2D eigenvalue weighted by molar-refractivity contribution is 6.01. The number of aromatic nitrogens is 2. The number of carbonyl (C=O) groups is 2. The second-order valence-corrected chi connectivity index (χ2v) is 9.10. The topological polar surface area (TPSA) is 135 Å². The molecule has 1 saturated heterocycles. The number of nitrogens with zero attached hydrogens (tertiary/aromatic N) is 3. The SMILES string of the molecule is CNC(=O)OCCn1c(=O)c(C(=O)NCCCN2CCOCC2)c(O)c2nc(Cc3ccc(F)cc3)ccc21. The lowest BCUT2D eigenvalue weighted by Gasteiger charge is -2.26. The van der Waals surface area contributed by atoms with Crippen LogP contribution in [0, 0.1) is 5.82 Å². The molecular weight excluding hydrogens is 509 g/mol. The van der Waals surface area contributed by atoms with Crippen molar-refractivity contribution >= 4 is 23.0 Å². The number of carbonyl (C=O) groups excluding carboxylic acids is 2. The van der Waals surface area contributed by atoms with Gasteiger partial charge in [-0.2, -0.15) is 0 Å². The Balaban J connectivity index is 1.60. The average molecular weight is 542 g/mol. The molecule has 3 heterocycles. The van der Waals surface area contributed by atoms with E-state index in [1.165, 1.54) is 23.7 Å². The van der Waals surface area contributed by atoms with Gasteiger partial charge in [0.1, 0.15) is 23.5 Å². The first-order chi connectivity index (χ1) is 18.9. The van der Waals surface area contributed by atoms with Gasteiger partial charge < -0.3 is 29.8 Å². The van der Waals surface area contributed by atoms with Crippen molar-refractivity contribution in [3.63, 3.8) is 0 Å². The number of pyridine rings is 2. The van der Waals surface area contributed by atoms with Gasteiger partial charge >= 0.3 is 6.09 Å². The zero-order chi connectivity index (χ0) is 27.8. The fourth-order valence-electron chi connectivity index (χ4n) is 4.40. The number of benzene rings is 1. The summed E-state index contributed by atoms with van der Waals surface area (Å²) in [7, 11) is 1.42. The summed E-state index contributed by atoms with van der Waals surface area (Å²) in [5, 5.41) is 16.1. The summed E-state index contributed by atoms with van der Waals surface area (Å²) in [4.78, 5) is 44.7. The maximum atomic E-state index is 13.4. The Morgan fingerprint density at radius 2 is 1.87 bits per heavy atom. The third kappa shape index (κ3) is 7.09. The van der Waals surface area contributed by atoms with Crippen LogP contribution < -0.4 is 16.2 Å². The van der Waals surface area contributed by atoms with Gasteiger partial charge in [0, 0.05) is 38.8 Å². The fourth-order valence-corrected chi connectivity index (χ4v) is 4.40. The quantitative estimate of drug-likeness (QED) is 0.330. The van der Waals surface area contributed by atoms with Crippen LogP contribution in [0.1, 0.15) is 28.0 Å². The van der Waals surface area contributed by atoms with Crippen molar-refractivity contribution in [2.75, 3.05) is 53.0 Å². The maximum Gasteiger partial charge on any atom is 0.406 e. The average Bonchev–Trinajstić information content (AvgIpc) is 2.94. The van der Waals surface area contributed by atoms with Gasteiger partial charge in [0.25, 0.3) is 11.5 Å². The third-order valence-corrected chi connectivity index (χ3v) is 6.46. The first kappa shape index (κ1) is 28.0. The molecule has 0 saturated carbocycles. The van der Waals surface area contributed by atoms with Crippen LogP contribution in [-0.4, -0.2) is 84.6 Å². The Hall–Kier alpha value is -4.03. The minimum Gasteiger partial charge on any atom is -0.505 e. The van der Waals surface area contributed by atoms with Gasteiger partial charge in [-0.05, 0) is 42.8 Å². The van der Waals surface area contributed by atoms with Gasteiger partial charge in [-0.3, -0.25) is 14.5 Å². The van der Waals surface area contributed by atoms with Crippen LogP contribution in [0.2, 0.25) is 0 Å². The third-order valence-electron chi connectivity index (χ3n) is 6.46. The zero-order valence-corrected chi connectivity index (χ0v) is 21.7. The monoisotopic (exact) mass is 541 g/mol. The number of morpholine rings is 1. The van der Waals surface area contributed by atoms with E-state index in [9.17, 15) is 23.9 Å². The van der Waals surface area contributed by atoms with Crippen LogP contribution >= 0.6 is 0 Å². The predicted molar refractivity (Wildman–Crippen MR) is 141 cm³/mol. The Morgan fingerprint density at radius 1 is 1.13 bits per heavy atom. The number of hydrogen-bond acceptors (Lipinski definition) is 8. The molecule has 4 rings (SSSR count). The van der Waals surface area contributed by atoms with Crippen molar-refractivity contribution < 1.29 is 28.6 Å². The molecule has 1 fully saturated rings. The van der Waals surface area contributed by atoms with Gasteiger partial charge in [-0.15, -0.1) is 0 Å². The molecule has 0 atom stereocenters. The zero-order valence-electron chi connectivity index (χ0n) is 21.7. The highest BCUT2D eigenvalue weighted by atomic mass is 19.1. The first-order valence-electron chi connectivity index (χ1n) is 12.8. The summed E-state index contributed by atoms with van der Waals surface area (Å²) in [5.41, 5.74) is 0.540. The Kier molecular flexibility index (Phi) is 9.45. The molecule has 39 heavy (non-hydrogen) atoms. The lowest BCUT2D eigenvalue weighted by Crippen LogP contribution is -2.39. The Bertz CT molecular complexity index is 1370. The summed E-state index contributed by atoms with van der Waals surface area (Å²) >= 11 is 0. The van der Waals surface area contributed by atoms with E-state index >= 15 is 0 Å². The molecular formula is C27H32FN5O6. The number of nitrogens with one attached hydrogen (secondary N) is 2. The second kappa shape index (κ2) is 13.2. The smallest absolute Gasteiger partial charge is 0.406 e. The molecule has 1 aromatic carbocycles. The Morgan fingerprint density at radius 3 is 2.59 bits per heavy atom. The number of alkyl carbamates (subject to hydrolysis) is 1. The van der Waals surface area contributed by atoms with Crippen molar-refractivity contribution in [3.05, 3.63) is 69.4 Å². The molecule has 0 aliphatic carbocycles. The lowest BCUT2D eigenvalue weighted by molar-refractivity contribution is 0.0374. The molecule has 11 nitrogen and oxygen atoms in total. The Labute approximate surface area is 224 Å². The minimum atomic E-state index is -0.723. The van der Waals surface area contributed by atoms with E-state index in [1.54, 1.807) is 24.3 Å². The standard InChI is InChI=1S/C27H32FN5O6/c1-29-27(37)39-16-13-33-21-8-7-20(17-18-3-5-19(28)6-4-18)31-23(21)24(34)22(26(33)36)25(35)30-9-2-10-32-11-14-38-15-12-32/h3-8,34H,2,9-17H2,1H3,(H,29,37)(H,30,35). The van der Waals surface area contributed by atoms with E-state index in [1.807, 2.05) is 0 Å². The van der Waals surface area contributed by atoms with E-state index in [0.717, 1.165) is 25.2 Å². The van der Waals surface area contributed by atoms with Crippen LogP contribution in [0.3, 0.4) is 0 Å². The summed E-state index contributed by atoms with van der Waals surface area (Å²) in [6.45, 7) is 3.89. The highest BCUT2D eigenvalue weighted by Gasteiger charge is 2.23. The predicted octanol–water partition coefficient (Wildman–Crippen LogP) is 1.64. The fraction of sp³-hybridized carbons (Fsp3) is 0.407. The molecule has 1 aliphatic rings. The normalized spacial score (nSPS) is 13.8. The molecule has 12 heteroatoms. The lowest BCUT2D eigenvalue weighted by atomic mass is 10.1. The summed E-state index contributed by atoms with van der Waals surface area (Å²) in [6, 6.07) is 9.26. The van der Waals surface area contributed by atoms with Crippen LogP contribution in [-0.2, 0) is 22.4 Å². The maximum absolute atomic E-state index is 13.4. The van der Waals surface area contributed by atoms with E-state index in [4.69, 9.17) is 9.47 Å². The molecule has 0 spiro atoms. The molecule has 0 radical (unpaired) electrons. The van der Waals surface area contributed by atoms with Crippen LogP contribution in [0.15, 0.2) is 41.2 Å². The van der Waals surface area contributed by atoms with Gasteiger partial charge in [0.15, 0.2) is 5.75 Å². The number of fused-ring (bicyclic) bond motifs is 1. The number of rotatable bonds is 10. The first-order valence-corrected chi connectivity index (χ1v) is 12.8. The van der Waals surface area contributed by atoms with Crippen LogP contribution in [0.25, 0.3) is 11.0 Å². The van der Waals surface area contributed by atoms with E-state index in [-0.39, 0.29) is 30.0 Å². The van der Waals surface area contributed by atoms with E-state index < -0.39 is 28.9 Å². The van der Waals surface area contributed by atoms with E-state index in [2.05, 4.69) is 20.5 Å². The van der Waals surface area contributed by atoms with Crippen LogP contribution in [0.5, 0.6) is 5.75 Å². The van der Waals surface area contributed by atoms with Crippen molar-refractivity contribution in [2.24, 2.45) is 0 Å². The molecule has 1 aliphatic heterocycles. The van der Waals surface area contributed by atoms with Gasteiger partial charge in [-0.1, -0.05) is 12.1 Å². The molecule has 2 amide bonds.